The van der Waals surface area contributed by atoms with Crippen molar-refractivity contribution in [1.29, 1.82) is 0 Å². The first-order valence-electron chi connectivity index (χ1n) is 14.8. The molecule has 4 rings (SSSR count). The lowest BCUT2D eigenvalue weighted by atomic mass is 9.95. The van der Waals surface area contributed by atoms with E-state index in [1.165, 1.54) is 47.1 Å². The fourth-order valence-electron chi connectivity index (χ4n) is 4.66. The Morgan fingerprint density at radius 3 is 1.98 bits per heavy atom. The summed E-state index contributed by atoms with van der Waals surface area (Å²) >= 11 is 0. The predicted octanol–water partition coefficient (Wildman–Crippen LogP) is 9.35. The third kappa shape index (κ3) is 8.98. The van der Waals surface area contributed by atoms with Crippen LogP contribution in [0, 0.1) is 18.8 Å². The van der Waals surface area contributed by atoms with Crippen molar-refractivity contribution in [2.24, 2.45) is 0 Å². The number of ether oxygens (including phenoxy) is 2. The molecule has 0 saturated heterocycles. The van der Waals surface area contributed by atoms with E-state index in [0.717, 1.165) is 28.9 Å². The van der Waals surface area contributed by atoms with Crippen molar-refractivity contribution >= 4 is 5.97 Å². The summed E-state index contributed by atoms with van der Waals surface area (Å²) in [7, 11) is 0. The first-order chi connectivity index (χ1) is 20.4. The van der Waals surface area contributed by atoms with Crippen molar-refractivity contribution in [2.75, 3.05) is 13.2 Å². The number of esters is 1. The van der Waals surface area contributed by atoms with E-state index >= 15 is 0 Å². The molecule has 0 saturated carbocycles. The Hall–Kier alpha value is -4.55. The number of hydrogen-bond donors (Lipinski definition) is 0. The van der Waals surface area contributed by atoms with Gasteiger partial charge in [0, 0.05) is 23.1 Å². The Morgan fingerprint density at radius 1 is 0.738 bits per heavy atom. The van der Waals surface area contributed by atoms with Crippen LogP contribution in [0.3, 0.4) is 0 Å². The number of carbonyl (C=O) groups is 1. The molecule has 0 aliphatic heterocycles. The topological polar surface area (TPSA) is 35.5 Å². The second-order valence-corrected chi connectivity index (χ2v) is 10.7. The van der Waals surface area contributed by atoms with E-state index in [-0.39, 0.29) is 5.97 Å². The molecule has 0 fully saturated rings. The standard InChI is InChI=1S/C39H40O3/c1-5-6-7-9-31-10-12-32(13-11-31)14-15-33-16-18-34(19-17-33)36-22-25-38(30(4)28-36)35-20-23-37(24-21-35)41-26-8-27-42-39(40)29(2)3/h10-13,16-25,28H,2,5-9,26-27H2,1,3-4H3. The number of aryl methyl sites for hydroxylation is 2. The summed E-state index contributed by atoms with van der Waals surface area (Å²) in [5, 5.41) is 0. The molecule has 0 aliphatic rings. The number of unbranched alkanes of at least 4 members (excludes halogenated alkanes) is 2. The Bertz CT molecular complexity index is 1530. The van der Waals surface area contributed by atoms with Gasteiger partial charge in [-0.2, -0.15) is 0 Å². The molecule has 3 heteroatoms. The highest BCUT2D eigenvalue weighted by Crippen LogP contribution is 2.30. The third-order valence-corrected chi connectivity index (χ3v) is 7.12. The van der Waals surface area contributed by atoms with E-state index in [1.807, 2.05) is 12.1 Å². The van der Waals surface area contributed by atoms with Crippen molar-refractivity contribution in [2.45, 2.75) is 52.9 Å². The van der Waals surface area contributed by atoms with Crippen LogP contribution in [0.5, 0.6) is 5.75 Å². The van der Waals surface area contributed by atoms with Crippen LogP contribution in [0.2, 0.25) is 0 Å². The van der Waals surface area contributed by atoms with Gasteiger partial charge in [-0.05, 0) is 96.5 Å². The fraction of sp³-hybridized carbons (Fsp3) is 0.256. The lowest BCUT2D eigenvalue weighted by Crippen LogP contribution is -2.09. The Labute approximate surface area is 251 Å². The number of hydrogen-bond acceptors (Lipinski definition) is 3. The van der Waals surface area contributed by atoms with Gasteiger partial charge < -0.3 is 9.47 Å². The Kier molecular flexibility index (Phi) is 11.2. The zero-order chi connectivity index (χ0) is 29.7. The molecule has 0 radical (unpaired) electrons. The van der Waals surface area contributed by atoms with Crippen LogP contribution in [-0.2, 0) is 16.0 Å². The first-order valence-corrected chi connectivity index (χ1v) is 14.8. The molecular weight excluding hydrogens is 516 g/mol. The maximum Gasteiger partial charge on any atom is 0.333 e. The second-order valence-electron chi connectivity index (χ2n) is 10.7. The molecule has 0 aromatic heterocycles. The maximum atomic E-state index is 11.4. The van der Waals surface area contributed by atoms with Crippen LogP contribution in [0.4, 0.5) is 0 Å². The van der Waals surface area contributed by atoms with Crippen LogP contribution < -0.4 is 4.74 Å². The normalized spacial score (nSPS) is 10.5. The summed E-state index contributed by atoms with van der Waals surface area (Å²) in [6.45, 7) is 10.4. The molecular formula is C39H40O3. The highest BCUT2D eigenvalue weighted by atomic mass is 16.5. The SMILES string of the molecule is C=C(C)C(=O)OCCCOc1ccc(-c2ccc(-c3ccc(C#Cc4ccc(CCCCC)cc4)cc3)cc2C)cc1. The van der Waals surface area contributed by atoms with Gasteiger partial charge >= 0.3 is 5.97 Å². The lowest BCUT2D eigenvalue weighted by Gasteiger charge is -2.11. The van der Waals surface area contributed by atoms with Crippen molar-refractivity contribution < 1.29 is 14.3 Å². The predicted molar refractivity (Wildman–Crippen MR) is 174 cm³/mol. The molecule has 0 aliphatic carbocycles. The van der Waals surface area contributed by atoms with Crippen molar-refractivity contribution in [1.82, 2.24) is 0 Å². The van der Waals surface area contributed by atoms with Crippen LogP contribution >= 0.6 is 0 Å². The van der Waals surface area contributed by atoms with E-state index in [0.29, 0.717) is 25.2 Å². The number of rotatable bonds is 12. The van der Waals surface area contributed by atoms with E-state index in [9.17, 15) is 4.79 Å². The van der Waals surface area contributed by atoms with E-state index in [1.54, 1.807) is 6.92 Å². The molecule has 42 heavy (non-hydrogen) atoms. The van der Waals surface area contributed by atoms with Gasteiger partial charge in [0.1, 0.15) is 5.75 Å². The van der Waals surface area contributed by atoms with E-state index in [2.05, 4.69) is 111 Å². The first kappa shape index (κ1) is 30.4. The van der Waals surface area contributed by atoms with Gasteiger partial charge in [0.25, 0.3) is 0 Å². The smallest absolute Gasteiger partial charge is 0.333 e. The van der Waals surface area contributed by atoms with Gasteiger partial charge in [0.15, 0.2) is 0 Å². The molecule has 0 amide bonds. The highest BCUT2D eigenvalue weighted by molar-refractivity contribution is 5.86. The molecule has 0 bridgehead atoms. The summed E-state index contributed by atoms with van der Waals surface area (Å²) in [4.78, 5) is 11.4. The summed E-state index contributed by atoms with van der Waals surface area (Å²) in [5.74, 6) is 7.03. The molecule has 0 N–H and O–H groups in total. The lowest BCUT2D eigenvalue weighted by molar-refractivity contribution is -0.139. The van der Waals surface area contributed by atoms with Crippen LogP contribution in [0.1, 0.15) is 61.8 Å². The molecule has 4 aromatic carbocycles. The highest BCUT2D eigenvalue weighted by Gasteiger charge is 2.06. The minimum absolute atomic E-state index is 0.319. The van der Waals surface area contributed by atoms with E-state index in [4.69, 9.17) is 9.47 Å². The van der Waals surface area contributed by atoms with Crippen molar-refractivity contribution in [3.63, 3.8) is 0 Å². The van der Waals surface area contributed by atoms with Gasteiger partial charge in [-0.3, -0.25) is 0 Å². The van der Waals surface area contributed by atoms with Crippen LogP contribution in [0.25, 0.3) is 22.3 Å². The average molecular weight is 557 g/mol. The van der Waals surface area contributed by atoms with Crippen LogP contribution in [-0.4, -0.2) is 19.2 Å². The Balaban J connectivity index is 1.32. The molecule has 3 nitrogen and oxygen atoms in total. The Morgan fingerprint density at radius 2 is 1.36 bits per heavy atom. The summed E-state index contributed by atoms with van der Waals surface area (Å²) in [5.41, 5.74) is 9.74. The molecule has 0 heterocycles. The molecule has 0 atom stereocenters. The van der Waals surface area contributed by atoms with Gasteiger partial charge in [-0.15, -0.1) is 0 Å². The average Bonchev–Trinajstić information content (AvgIpc) is 3.01. The van der Waals surface area contributed by atoms with E-state index < -0.39 is 0 Å². The monoisotopic (exact) mass is 556 g/mol. The van der Waals surface area contributed by atoms with Gasteiger partial charge in [0.2, 0.25) is 0 Å². The minimum Gasteiger partial charge on any atom is -0.493 e. The molecule has 4 aromatic rings. The largest absolute Gasteiger partial charge is 0.493 e. The fourth-order valence-corrected chi connectivity index (χ4v) is 4.66. The minimum atomic E-state index is -0.364. The summed E-state index contributed by atoms with van der Waals surface area (Å²) in [6, 6.07) is 31.8. The summed E-state index contributed by atoms with van der Waals surface area (Å²) < 4.78 is 10.9. The van der Waals surface area contributed by atoms with Crippen LogP contribution in [0.15, 0.2) is 103 Å². The van der Waals surface area contributed by atoms with Gasteiger partial charge in [-0.1, -0.05) is 92.8 Å². The quantitative estimate of drug-likeness (QED) is 0.0755. The third-order valence-electron chi connectivity index (χ3n) is 7.12. The number of benzene rings is 4. The van der Waals surface area contributed by atoms with Gasteiger partial charge in [0.05, 0.1) is 13.2 Å². The van der Waals surface area contributed by atoms with Gasteiger partial charge in [-0.25, -0.2) is 4.79 Å². The zero-order valence-corrected chi connectivity index (χ0v) is 25.0. The second kappa shape index (κ2) is 15.5. The zero-order valence-electron chi connectivity index (χ0n) is 25.0. The maximum absolute atomic E-state index is 11.4. The molecule has 214 valence electrons. The number of carbonyl (C=O) groups excluding carboxylic acids is 1. The van der Waals surface area contributed by atoms with Crippen molar-refractivity contribution in [3.8, 4) is 39.8 Å². The molecule has 0 unspecified atom stereocenters. The molecule has 0 spiro atoms. The summed E-state index contributed by atoms with van der Waals surface area (Å²) in [6.07, 6.45) is 5.55. The van der Waals surface area contributed by atoms with Crippen molar-refractivity contribution in [3.05, 3.63) is 125 Å².